The second kappa shape index (κ2) is 5.19. The maximum absolute atomic E-state index is 12.8. The summed E-state index contributed by atoms with van der Waals surface area (Å²) in [6.07, 6.45) is 7.07. The van der Waals surface area contributed by atoms with Gasteiger partial charge in [0.2, 0.25) is 0 Å². The molecule has 0 spiro atoms. The summed E-state index contributed by atoms with van der Waals surface area (Å²) in [5, 5.41) is 1.88. The first kappa shape index (κ1) is 14.4. The van der Waals surface area contributed by atoms with Crippen molar-refractivity contribution in [2.75, 3.05) is 6.61 Å². The molecular weight excluding hydrogens is 296 g/mol. The van der Waals surface area contributed by atoms with Crippen molar-refractivity contribution in [1.29, 1.82) is 0 Å². The van der Waals surface area contributed by atoms with Gasteiger partial charge in [-0.3, -0.25) is 4.79 Å². The van der Waals surface area contributed by atoms with Gasteiger partial charge in [0, 0.05) is 5.41 Å². The number of esters is 1. The molecule has 4 saturated carbocycles. The zero-order chi connectivity index (χ0) is 15.3. The Hall–Kier alpha value is -1.16. The number of aryl methyl sites for hydroxylation is 1. The molecule has 118 valence electrons. The monoisotopic (exact) mass is 318 g/mol. The molecule has 4 bridgehead atoms. The first-order valence-electron chi connectivity index (χ1n) is 8.30. The van der Waals surface area contributed by atoms with Crippen LogP contribution < -0.4 is 0 Å². The number of rotatable bonds is 4. The fraction of sp³-hybridized carbons (Fsp3) is 0.667. The summed E-state index contributed by atoms with van der Waals surface area (Å²) < 4.78 is 5.34. The average molecular weight is 318 g/mol. The van der Waals surface area contributed by atoms with E-state index in [2.05, 4.69) is 0 Å². The second-order valence-electron chi connectivity index (χ2n) is 7.63. The molecule has 1 heterocycles. The molecule has 0 atom stereocenters. The van der Waals surface area contributed by atoms with E-state index in [1.165, 1.54) is 30.6 Å². The molecule has 0 unspecified atom stereocenters. The van der Waals surface area contributed by atoms with E-state index in [-0.39, 0.29) is 23.8 Å². The van der Waals surface area contributed by atoms with Crippen molar-refractivity contribution in [2.24, 2.45) is 23.2 Å². The van der Waals surface area contributed by atoms with Crippen LogP contribution >= 0.6 is 11.3 Å². The van der Waals surface area contributed by atoms with E-state index in [0.29, 0.717) is 4.88 Å². The molecule has 1 aromatic heterocycles. The van der Waals surface area contributed by atoms with Crippen LogP contribution in [0.4, 0.5) is 0 Å². The summed E-state index contributed by atoms with van der Waals surface area (Å²) >= 11 is 1.38. The molecule has 0 amide bonds. The maximum atomic E-state index is 12.8. The van der Waals surface area contributed by atoms with Crippen molar-refractivity contribution < 1.29 is 14.3 Å². The van der Waals surface area contributed by atoms with Crippen LogP contribution in [0.25, 0.3) is 0 Å². The first-order valence-corrected chi connectivity index (χ1v) is 9.18. The maximum Gasteiger partial charge on any atom is 0.349 e. The van der Waals surface area contributed by atoms with Crippen LogP contribution in [-0.2, 0) is 9.53 Å². The van der Waals surface area contributed by atoms with Crippen LogP contribution in [0.1, 0.15) is 53.8 Å². The lowest BCUT2D eigenvalue weighted by atomic mass is 9.48. The van der Waals surface area contributed by atoms with Gasteiger partial charge in [0.25, 0.3) is 0 Å². The molecule has 0 radical (unpaired) electrons. The smallest absolute Gasteiger partial charge is 0.349 e. The van der Waals surface area contributed by atoms with E-state index >= 15 is 0 Å². The Morgan fingerprint density at radius 1 is 1.18 bits per heavy atom. The largest absolute Gasteiger partial charge is 0.453 e. The highest BCUT2D eigenvalue weighted by atomic mass is 32.1. The average Bonchev–Trinajstić information content (AvgIpc) is 2.89. The van der Waals surface area contributed by atoms with Gasteiger partial charge in [0.1, 0.15) is 4.88 Å². The zero-order valence-corrected chi connectivity index (χ0v) is 13.8. The number of ether oxygens (including phenoxy) is 1. The van der Waals surface area contributed by atoms with Crippen LogP contribution in [0.15, 0.2) is 11.4 Å². The lowest BCUT2D eigenvalue weighted by molar-refractivity contribution is -0.147. The van der Waals surface area contributed by atoms with Crippen molar-refractivity contribution in [3.63, 3.8) is 0 Å². The number of hydrogen-bond donors (Lipinski definition) is 0. The fourth-order valence-electron chi connectivity index (χ4n) is 5.38. The van der Waals surface area contributed by atoms with Crippen LogP contribution in [0.5, 0.6) is 0 Å². The molecule has 0 aliphatic heterocycles. The van der Waals surface area contributed by atoms with E-state index < -0.39 is 0 Å². The molecule has 4 aliphatic carbocycles. The van der Waals surface area contributed by atoms with Gasteiger partial charge in [0.15, 0.2) is 12.4 Å². The predicted molar refractivity (Wildman–Crippen MR) is 85.0 cm³/mol. The van der Waals surface area contributed by atoms with E-state index in [9.17, 15) is 9.59 Å². The molecule has 22 heavy (non-hydrogen) atoms. The third-order valence-corrected chi connectivity index (χ3v) is 7.01. The molecule has 1 aromatic rings. The van der Waals surface area contributed by atoms with Crippen molar-refractivity contribution in [3.05, 3.63) is 21.9 Å². The number of carbonyl (C=O) groups is 2. The Labute approximate surface area is 135 Å². The normalized spacial score (nSPS) is 35.6. The van der Waals surface area contributed by atoms with E-state index in [1.54, 1.807) is 0 Å². The van der Waals surface area contributed by atoms with Gasteiger partial charge in [-0.15, -0.1) is 11.3 Å². The van der Waals surface area contributed by atoms with Crippen molar-refractivity contribution in [2.45, 2.75) is 45.4 Å². The van der Waals surface area contributed by atoms with Gasteiger partial charge in [0.05, 0.1) is 0 Å². The molecule has 0 saturated heterocycles. The Kier molecular flexibility index (Phi) is 3.40. The van der Waals surface area contributed by atoms with Gasteiger partial charge in [-0.2, -0.15) is 0 Å². The number of Topliss-reactive ketones (excluding diaryl/α,β-unsaturated/α-hetero) is 1. The quantitative estimate of drug-likeness (QED) is 0.788. The SMILES string of the molecule is Cc1ccsc1C(=O)OCC(=O)C12CC3CC(CC(C3)C1)C2. The summed E-state index contributed by atoms with van der Waals surface area (Å²) in [4.78, 5) is 25.5. The van der Waals surface area contributed by atoms with Crippen molar-refractivity contribution in [1.82, 2.24) is 0 Å². The molecule has 0 N–H and O–H groups in total. The highest BCUT2D eigenvalue weighted by molar-refractivity contribution is 7.12. The lowest BCUT2D eigenvalue weighted by Gasteiger charge is -2.55. The van der Waals surface area contributed by atoms with Crippen LogP contribution in [0.3, 0.4) is 0 Å². The van der Waals surface area contributed by atoms with E-state index in [0.717, 1.165) is 42.6 Å². The van der Waals surface area contributed by atoms with Gasteiger partial charge in [-0.25, -0.2) is 4.79 Å². The van der Waals surface area contributed by atoms with Crippen molar-refractivity contribution in [3.8, 4) is 0 Å². The predicted octanol–water partition coefficient (Wildman–Crippen LogP) is 4.00. The van der Waals surface area contributed by atoms with Crippen LogP contribution in [0, 0.1) is 30.1 Å². The number of thiophene rings is 1. The summed E-state index contributed by atoms with van der Waals surface area (Å²) in [5.74, 6) is 2.06. The zero-order valence-electron chi connectivity index (χ0n) is 13.0. The van der Waals surface area contributed by atoms with Crippen LogP contribution in [0.2, 0.25) is 0 Å². The van der Waals surface area contributed by atoms with Gasteiger partial charge < -0.3 is 4.74 Å². The topological polar surface area (TPSA) is 43.4 Å². The van der Waals surface area contributed by atoms with Gasteiger partial charge in [-0.1, -0.05) is 0 Å². The summed E-state index contributed by atoms with van der Waals surface area (Å²) in [5.41, 5.74) is 0.761. The number of ketones is 1. The molecule has 3 nitrogen and oxygen atoms in total. The lowest BCUT2D eigenvalue weighted by Crippen LogP contribution is -2.51. The minimum Gasteiger partial charge on any atom is -0.453 e. The van der Waals surface area contributed by atoms with Gasteiger partial charge >= 0.3 is 5.97 Å². The molecule has 5 rings (SSSR count). The first-order chi connectivity index (χ1) is 10.6. The summed E-state index contributed by atoms with van der Waals surface area (Å²) in [7, 11) is 0. The second-order valence-corrected chi connectivity index (χ2v) is 8.55. The Bertz CT molecular complexity index is 580. The Morgan fingerprint density at radius 2 is 1.77 bits per heavy atom. The standard InChI is InChI=1S/C18H22O3S/c1-11-2-3-22-16(11)17(20)21-10-15(19)18-7-12-4-13(8-18)6-14(5-12)9-18/h2-3,12-14H,4-10H2,1H3. The molecule has 4 aliphatic rings. The van der Waals surface area contributed by atoms with Crippen LogP contribution in [-0.4, -0.2) is 18.4 Å². The van der Waals surface area contributed by atoms with Gasteiger partial charge in [-0.05, 0) is 80.2 Å². The van der Waals surface area contributed by atoms with Crippen molar-refractivity contribution >= 4 is 23.1 Å². The minimum absolute atomic E-state index is 0.0394. The highest BCUT2D eigenvalue weighted by Crippen LogP contribution is 2.60. The Balaban J connectivity index is 1.42. The number of carbonyl (C=O) groups excluding carboxylic acids is 2. The van der Waals surface area contributed by atoms with E-state index in [1.807, 2.05) is 18.4 Å². The van der Waals surface area contributed by atoms with E-state index in [4.69, 9.17) is 4.74 Å². The summed E-state index contributed by atoms with van der Waals surface area (Å²) in [6, 6.07) is 1.90. The molecular formula is C18H22O3S. The molecule has 4 fully saturated rings. The fourth-order valence-corrected chi connectivity index (χ4v) is 6.20. The third kappa shape index (κ3) is 2.32. The number of hydrogen-bond acceptors (Lipinski definition) is 4. The molecule has 4 heteroatoms. The Morgan fingerprint density at radius 3 is 2.27 bits per heavy atom. The third-order valence-electron chi connectivity index (χ3n) is 6.01. The summed E-state index contributed by atoms with van der Waals surface area (Å²) in [6.45, 7) is 1.86. The highest BCUT2D eigenvalue weighted by Gasteiger charge is 2.54. The molecule has 0 aromatic carbocycles. The minimum atomic E-state index is -0.342.